The first-order valence-corrected chi connectivity index (χ1v) is 9.78. The number of rotatable bonds is 7. The van der Waals surface area contributed by atoms with Gasteiger partial charge in [0.25, 0.3) is 5.91 Å². The Morgan fingerprint density at radius 1 is 0.815 bits per heavy atom. The van der Waals surface area contributed by atoms with Crippen LogP contribution in [0.1, 0.15) is 16.7 Å². The second-order valence-corrected chi connectivity index (χ2v) is 7.33. The van der Waals surface area contributed by atoms with E-state index in [1.54, 1.807) is 18.8 Å². The maximum Gasteiger partial charge on any atom is 0.255 e. The van der Waals surface area contributed by atoms with E-state index in [9.17, 15) is 4.79 Å². The van der Waals surface area contributed by atoms with Gasteiger partial charge in [-0.2, -0.15) is 0 Å². The molecule has 0 atom stereocenters. The van der Waals surface area contributed by atoms with Crippen LogP contribution in [0, 0.1) is 0 Å². The molecule has 3 rings (SSSR count). The lowest BCUT2D eigenvalue weighted by atomic mass is 9.84. The molecule has 3 aromatic rings. The third-order valence-electron chi connectivity index (χ3n) is 4.58. The van der Waals surface area contributed by atoms with Crippen LogP contribution in [-0.2, 0) is 14.4 Å². The molecule has 1 amide bonds. The number of benzene rings is 3. The maximum absolute atomic E-state index is 12.5. The Morgan fingerprint density at radius 2 is 1.19 bits per heavy atom. The predicted octanol–water partition coefficient (Wildman–Crippen LogP) is 4.73. The fraction of sp³-hybridized carbons (Fsp3) is 0.174. The van der Waals surface area contributed by atoms with Crippen molar-refractivity contribution in [3.05, 3.63) is 108 Å². The Kier molecular flexibility index (Phi) is 6.32. The van der Waals surface area contributed by atoms with Gasteiger partial charge in [-0.3, -0.25) is 9.63 Å². The first kappa shape index (κ1) is 19.2. The summed E-state index contributed by atoms with van der Waals surface area (Å²) in [7, 11) is 3.14. The van der Waals surface area contributed by atoms with Crippen molar-refractivity contribution >= 4 is 17.7 Å². The third-order valence-corrected chi connectivity index (χ3v) is 6.11. The van der Waals surface area contributed by atoms with Gasteiger partial charge in [-0.25, -0.2) is 5.06 Å². The SMILES string of the molecule is CON(C)C(=O)CSC(c1ccccc1)(c1ccccc1)c1ccccc1. The highest BCUT2D eigenvalue weighted by Crippen LogP contribution is 2.48. The number of hydrogen-bond acceptors (Lipinski definition) is 3. The van der Waals surface area contributed by atoms with E-state index in [1.165, 1.54) is 12.2 Å². The molecule has 3 nitrogen and oxygen atoms in total. The van der Waals surface area contributed by atoms with E-state index in [0.717, 1.165) is 16.7 Å². The van der Waals surface area contributed by atoms with Crippen LogP contribution in [0.2, 0.25) is 0 Å². The second-order valence-electron chi connectivity index (χ2n) is 6.14. The Morgan fingerprint density at radius 3 is 1.52 bits per heavy atom. The number of amides is 1. The summed E-state index contributed by atoms with van der Waals surface area (Å²) in [6.45, 7) is 0. The molecular formula is C23H23NO2S. The number of thioether (sulfide) groups is 1. The summed E-state index contributed by atoms with van der Waals surface area (Å²) in [5.41, 5.74) is 3.42. The summed E-state index contributed by atoms with van der Waals surface area (Å²) in [5, 5.41) is 1.28. The number of carbonyl (C=O) groups excluding carboxylic acids is 1. The molecule has 0 saturated carbocycles. The molecule has 27 heavy (non-hydrogen) atoms. The molecule has 0 radical (unpaired) electrons. The average Bonchev–Trinajstić information content (AvgIpc) is 2.75. The fourth-order valence-corrected chi connectivity index (χ4v) is 4.56. The van der Waals surface area contributed by atoms with Crippen LogP contribution in [0.4, 0.5) is 0 Å². The van der Waals surface area contributed by atoms with Crippen molar-refractivity contribution in [2.45, 2.75) is 4.75 Å². The molecule has 0 aliphatic rings. The Balaban J connectivity index is 2.15. The number of hydroxylamine groups is 2. The van der Waals surface area contributed by atoms with Crippen molar-refractivity contribution in [3.8, 4) is 0 Å². The van der Waals surface area contributed by atoms with Crippen LogP contribution in [-0.4, -0.2) is 30.9 Å². The molecule has 0 fully saturated rings. The summed E-state index contributed by atoms with van der Waals surface area (Å²) in [4.78, 5) is 17.6. The standard InChI is InChI=1S/C23H23NO2S/c1-24(26-2)22(25)18-27-23(19-12-6-3-7-13-19,20-14-8-4-9-15-20)21-16-10-5-11-17-21/h3-17H,18H2,1-2H3. The molecule has 0 spiro atoms. The predicted molar refractivity (Wildman–Crippen MR) is 111 cm³/mol. The van der Waals surface area contributed by atoms with E-state index in [4.69, 9.17) is 4.84 Å². The summed E-state index contributed by atoms with van der Waals surface area (Å²) in [6, 6.07) is 31.0. The molecule has 0 N–H and O–H groups in total. The van der Waals surface area contributed by atoms with Gasteiger partial charge in [0.2, 0.25) is 0 Å². The summed E-state index contributed by atoms with van der Waals surface area (Å²) in [6.07, 6.45) is 0. The Hall–Kier alpha value is -2.56. The molecule has 4 heteroatoms. The quantitative estimate of drug-likeness (QED) is 0.440. The third kappa shape index (κ3) is 4.07. The lowest BCUT2D eigenvalue weighted by Gasteiger charge is -2.35. The molecule has 0 aliphatic heterocycles. The molecule has 0 aliphatic carbocycles. The lowest BCUT2D eigenvalue weighted by molar-refractivity contribution is -0.165. The minimum atomic E-state index is -0.492. The monoisotopic (exact) mass is 377 g/mol. The van der Waals surface area contributed by atoms with Gasteiger partial charge >= 0.3 is 0 Å². The highest BCUT2D eigenvalue weighted by atomic mass is 32.2. The topological polar surface area (TPSA) is 29.5 Å². The van der Waals surface area contributed by atoms with Crippen molar-refractivity contribution in [3.63, 3.8) is 0 Å². The van der Waals surface area contributed by atoms with E-state index in [2.05, 4.69) is 36.4 Å². The second kappa shape index (κ2) is 8.89. The van der Waals surface area contributed by atoms with Crippen molar-refractivity contribution in [1.29, 1.82) is 0 Å². The van der Waals surface area contributed by atoms with Crippen molar-refractivity contribution in [2.75, 3.05) is 19.9 Å². The van der Waals surface area contributed by atoms with Crippen molar-refractivity contribution < 1.29 is 9.63 Å². The van der Waals surface area contributed by atoms with Crippen LogP contribution >= 0.6 is 11.8 Å². The van der Waals surface area contributed by atoms with Gasteiger partial charge in [-0.15, -0.1) is 11.8 Å². The van der Waals surface area contributed by atoms with Gasteiger partial charge in [-0.1, -0.05) is 91.0 Å². The van der Waals surface area contributed by atoms with Crippen LogP contribution in [0.5, 0.6) is 0 Å². The van der Waals surface area contributed by atoms with Gasteiger partial charge < -0.3 is 0 Å². The molecule has 138 valence electrons. The van der Waals surface area contributed by atoms with Gasteiger partial charge in [0, 0.05) is 7.05 Å². The van der Waals surface area contributed by atoms with Gasteiger partial charge in [-0.05, 0) is 16.7 Å². The fourth-order valence-electron chi connectivity index (χ4n) is 3.13. The largest absolute Gasteiger partial charge is 0.275 e. The zero-order chi connectivity index (χ0) is 19.1. The summed E-state index contributed by atoms with van der Waals surface area (Å²) >= 11 is 1.61. The molecule has 0 heterocycles. The zero-order valence-electron chi connectivity index (χ0n) is 15.5. The molecule has 0 aromatic heterocycles. The summed E-state index contributed by atoms with van der Waals surface area (Å²) < 4.78 is -0.492. The van der Waals surface area contributed by atoms with Crippen molar-refractivity contribution in [1.82, 2.24) is 5.06 Å². The van der Waals surface area contributed by atoms with Gasteiger partial charge in [0.1, 0.15) is 0 Å². The Labute approximate surface area is 164 Å². The van der Waals surface area contributed by atoms with E-state index < -0.39 is 4.75 Å². The maximum atomic E-state index is 12.5. The summed E-state index contributed by atoms with van der Waals surface area (Å²) in [5.74, 6) is 0.220. The zero-order valence-corrected chi connectivity index (χ0v) is 16.4. The normalized spacial score (nSPS) is 11.2. The van der Waals surface area contributed by atoms with Crippen LogP contribution in [0.3, 0.4) is 0 Å². The van der Waals surface area contributed by atoms with E-state index in [-0.39, 0.29) is 5.91 Å². The highest BCUT2D eigenvalue weighted by molar-refractivity contribution is 8.01. The van der Waals surface area contributed by atoms with Crippen LogP contribution in [0.15, 0.2) is 91.0 Å². The van der Waals surface area contributed by atoms with E-state index >= 15 is 0 Å². The molecular weight excluding hydrogens is 354 g/mol. The number of hydrogen-bond donors (Lipinski definition) is 0. The molecule has 0 saturated heterocycles. The smallest absolute Gasteiger partial charge is 0.255 e. The number of nitrogens with zero attached hydrogens (tertiary/aromatic N) is 1. The highest BCUT2D eigenvalue weighted by Gasteiger charge is 2.37. The number of carbonyl (C=O) groups is 1. The molecule has 3 aromatic carbocycles. The van der Waals surface area contributed by atoms with Crippen molar-refractivity contribution in [2.24, 2.45) is 0 Å². The first-order chi connectivity index (χ1) is 13.2. The van der Waals surface area contributed by atoms with E-state index in [0.29, 0.717) is 5.75 Å². The minimum Gasteiger partial charge on any atom is -0.275 e. The average molecular weight is 378 g/mol. The molecule has 0 bridgehead atoms. The lowest BCUT2D eigenvalue weighted by Crippen LogP contribution is -2.32. The van der Waals surface area contributed by atoms with E-state index in [1.807, 2.05) is 54.6 Å². The van der Waals surface area contributed by atoms with Crippen LogP contribution < -0.4 is 0 Å². The Bertz CT molecular complexity index is 757. The molecule has 0 unspecified atom stereocenters. The minimum absolute atomic E-state index is 0.0744. The van der Waals surface area contributed by atoms with Crippen LogP contribution in [0.25, 0.3) is 0 Å². The van der Waals surface area contributed by atoms with Gasteiger partial charge in [0.05, 0.1) is 17.6 Å². The van der Waals surface area contributed by atoms with Gasteiger partial charge in [0.15, 0.2) is 0 Å². The first-order valence-electron chi connectivity index (χ1n) is 8.79.